The summed E-state index contributed by atoms with van der Waals surface area (Å²) in [7, 11) is 1.46. The van der Waals surface area contributed by atoms with Crippen molar-refractivity contribution < 1.29 is 19.0 Å². The van der Waals surface area contributed by atoms with Crippen molar-refractivity contribution in [3.8, 4) is 5.75 Å². The number of halogens is 1. The summed E-state index contributed by atoms with van der Waals surface area (Å²) in [6, 6.07) is 13.4. The average Bonchev–Trinajstić information content (AvgIpc) is 3.29. The van der Waals surface area contributed by atoms with Crippen LogP contribution in [0.3, 0.4) is 0 Å². The molecule has 1 fully saturated rings. The first-order valence-electron chi connectivity index (χ1n) is 12.9. The molecular formula is C29H31FN4O3. The summed E-state index contributed by atoms with van der Waals surface area (Å²) in [4.78, 5) is 24.8. The molecule has 0 saturated carbocycles. The maximum Gasteiger partial charge on any atom is 0.219 e. The number of pyridine rings is 1. The lowest BCUT2D eigenvalue weighted by Crippen LogP contribution is -2.51. The molecule has 0 radical (unpaired) electrons. The molecule has 2 aliphatic rings. The van der Waals surface area contributed by atoms with Crippen LogP contribution in [0.15, 0.2) is 42.5 Å². The number of carbonyl (C=O) groups excluding carboxylic acids is 1. The summed E-state index contributed by atoms with van der Waals surface area (Å²) in [6.07, 6.45) is 2.15. The number of methoxy groups -OCH3 is 1. The van der Waals surface area contributed by atoms with Gasteiger partial charge in [-0.05, 0) is 36.6 Å². The van der Waals surface area contributed by atoms with E-state index in [1.54, 1.807) is 13.0 Å². The number of hydrogen-bond donors (Lipinski definition) is 2. The van der Waals surface area contributed by atoms with Gasteiger partial charge in [-0.2, -0.15) is 0 Å². The molecule has 0 aliphatic carbocycles. The zero-order chi connectivity index (χ0) is 25.7. The number of nitrogens with one attached hydrogen (secondary N) is 1. The van der Waals surface area contributed by atoms with Gasteiger partial charge in [-0.3, -0.25) is 4.79 Å². The molecule has 192 valence electrons. The standard InChI is InChI=1S/C29H31FN4O3/c1-17(35)33-11-9-19(10-12-33)34-16-20(36)15-22-27-21-5-3-4-6-24(21)31-28(27)25(32-29(22)34)14-18-7-8-26(37-2)23(30)13-18/h3-8,13,19-20,31,36H,9-12,14-16H2,1-2H3. The van der Waals surface area contributed by atoms with E-state index in [1.165, 1.54) is 13.2 Å². The summed E-state index contributed by atoms with van der Waals surface area (Å²) in [5, 5.41) is 13.1. The van der Waals surface area contributed by atoms with Crippen LogP contribution in [0.2, 0.25) is 0 Å². The zero-order valence-corrected chi connectivity index (χ0v) is 21.1. The average molecular weight is 503 g/mol. The number of fused-ring (bicyclic) bond motifs is 5. The lowest BCUT2D eigenvalue weighted by atomic mass is 9.93. The fourth-order valence-electron chi connectivity index (χ4n) is 6.04. The van der Waals surface area contributed by atoms with Gasteiger partial charge in [0.05, 0.1) is 24.4 Å². The van der Waals surface area contributed by atoms with Crippen LogP contribution in [0, 0.1) is 5.82 Å². The number of hydrogen-bond acceptors (Lipinski definition) is 5. The van der Waals surface area contributed by atoms with Crippen molar-refractivity contribution in [2.75, 3.05) is 31.6 Å². The van der Waals surface area contributed by atoms with Crippen molar-refractivity contribution in [3.63, 3.8) is 0 Å². The van der Waals surface area contributed by atoms with E-state index in [-0.39, 0.29) is 17.7 Å². The lowest BCUT2D eigenvalue weighted by Gasteiger charge is -2.43. The number of ether oxygens (including phenoxy) is 1. The van der Waals surface area contributed by atoms with Gasteiger partial charge in [0.2, 0.25) is 5.91 Å². The van der Waals surface area contributed by atoms with Gasteiger partial charge in [0.15, 0.2) is 11.6 Å². The number of para-hydroxylation sites is 1. The Kier molecular flexibility index (Phi) is 5.99. The number of piperidine rings is 1. The van der Waals surface area contributed by atoms with Crippen LogP contribution >= 0.6 is 0 Å². The first-order chi connectivity index (χ1) is 17.9. The Balaban J connectivity index is 1.48. The predicted octanol–water partition coefficient (Wildman–Crippen LogP) is 4.19. The van der Waals surface area contributed by atoms with E-state index in [2.05, 4.69) is 16.0 Å². The quantitative estimate of drug-likeness (QED) is 0.437. The van der Waals surface area contributed by atoms with E-state index < -0.39 is 11.9 Å². The molecule has 7 nitrogen and oxygen atoms in total. The number of likely N-dealkylation sites (tertiary alicyclic amines) is 1. The second-order valence-electron chi connectivity index (χ2n) is 10.2. The number of rotatable bonds is 4. The van der Waals surface area contributed by atoms with Crippen molar-refractivity contribution >= 4 is 33.5 Å². The fourth-order valence-corrected chi connectivity index (χ4v) is 6.04. The number of anilines is 1. The molecule has 0 spiro atoms. The lowest BCUT2D eigenvalue weighted by molar-refractivity contribution is -0.129. The molecule has 0 bridgehead atoms. The zero-order valence-electron chi connectivity index (χ0n) is 21.1. The molecule has 4 heterocycles. The number of amides is 1. The Morgan fingerprint density at radius 2 is 2.00 bits per heavy atom. The van der Waals surface area contributed by atoms with Crippen LogP contribution in [0.1, 0.15) is 36.6 Å². The first-order valence-corrected chi connectivity index (χ1v) is 12.9. The van der Waals surface area contributed by atoms with Crippen LogP contribution < -0.4 is 9.64 Å². The topological polar surface area (TPSA) is 81.7 Å². The number of β-amino-alcohol motifs (C(OH)–C–C–N with tert-alkyl or cyclic N) is 1. The monoisotopic (exact) mass is 502 g/mol. The Hall–Kier alpha value is -3.65. The molecule has 37 heavy (non-hydrogen) atoms. The summed E-state index contributed by atoms with van der Waals surface area (Å²) in [5.41, 5.74) is 4.64. The maximum atomic E-state index is 14.5. The van der Waals surface area contributed by atoms with Crippen LogP contribution in [0.5, 0.6) is 5.75 Å². The van der Waals surface area contributed by atoms with E-state index in [0.29, 0.717) is 32.5 Å². The van der Waals surface area contributed by atoms with Crippen LogP contribution in [-0.2, 0) is 17.6 Å². The maximum absolute atomic E-state index is 14.5. The molecule has 6 rings (SSSR count). The second-order valence-corrected chi connectivity index (χ2v) is 10.2. The highest BCUT2D eigenvalue weighted by Crippen LogP contribution is 2.40. The number of carbonyl (C=O) groups is 1. The van der Waals surface area contributed by atoms with Gasteiger partial charge in [0, 0.05) is 67.3 Å². The highest BCUT2D eigenvalue weighted by Gasteiger charge is 2.34. The predicted molar refractivity (Wildman–Crippen MR) is 142 cm³/mol. The van der Waals surface area contributed by atoms with Crippen LogP contribution in [0.25, 0.3) is 21.8 Å². The van der Waals surface area contributed by atoms with E-state index in [0.717, 1.165) is 57.3 Å². The normalized spacial score (nSPS) is 18.4. The van der Waals surface area contributed by atoms with Crippen molar-refractivity contribution in [1.29, 1.82) is 0 Å². The number of aromatic nitrogens is 2. The largest absolute Gasteiger partial charge is 0.494 e. The SMILES string of the molecule is COc1ccc(Cc2nc3c(c4c2[nH]c2ccccc24)CC(O)CN3C2CCN(C(C)=O)CC2)cc1F. The minimum atomic E-state index is -0.501. The summed E-state index contributed by atoms with van der Waals surface area (Å²) < 4.78 is 19.6. The minimum absolute atomic E-state index is 0.102. The van der Waals surface area contributed by atoms with E-state index in [9.17, 15) is 14.3 Å². The Bertz CT molecular complexity index is 1490. The minimum Gasteiger partial charge on any atom is -0.494 e. The van der Waals surface area contributed by atoms with Gasteiger partial charge < -0.3 is 24.6 Å². The molecule has 1 unspecified atom stereocenters. The molecule has 1 amide bonds. The highest BCUT2D eigenvalue weighted by atomic mass is 19.1. The summed E-state index contributed by atoms with van der Waals surface area (Å²) in [5.74, 6) is 0.820. The number of aliphatic hydroxyl groups is 1. The third-order valence-electron chi connectivity index (χ3n) is 7.86. The van der Waals surface area contributed by atoms with E-state index in [4.69, 9.17) is 9.72 Å². The molecule has 2 aromatic heterocycles. The number of nitrogens with zero attached hydrogens (tertiary/aromatic N) is 3. The molecular weight excluding hydrogens is 471 g/mol. The Morgan fingerprint density at radius 3 is 2.73 bits per heavy atom. The van der Waals surface area contributed by atoms with Gasteiger partial charge in [0.25, 0.3) is 0 Å². The molecule has 2 aromatic carbocycles. The smallest absolute Gasteiger partial charge is 0.219 e. The van der Waals surface area contributed by atoms with Gasteiger partial charge in [-0.15, -0.1) is 0 Å². The van der Waals surface area contributed by atoms with Crippen LogP contribution in [0.4, 0.5) is 10.2 Å². The van der Waals surface area contributed by atoms with Gasteiger partial charge >= 0.3 is 0 Å². The number of aromatic amines is 1. The molecule has 1 saturated heterocycles. The van der Waals surface area contributed by atoms with E-state index >= 15 is 0 Å². The van der Waals surface area contributed by atoms with Crippen molar-refractivity contribution in [2.45, 2.75) is 44.8 Å². The summed E-state index contributed by atoms with van der Waals surface area (Å²) >= 11 is 0. The molecule has 8 heteroatoms. The Morgan fingerprint density at radius 1 is 1.22 bits per heavy atom. The molecule has 2 aliphatic heterocycles. The highest BCUT2D eigenvalue weighted by molar-refractivity contribution is 6.11. The van der Waals surface area contributed by atoms with Gasteiger partial charge in [-0.25, -0.2) is 9.37 Å². The number of H-pyrrole nitrogens is 1. The Labute approximate surface area is 214 Å². The number of aliphatic hydroxyl groups excluding tert-OH is 1. The van der Waals surface area contributed by atoms with Gasteiger partial charge in [-0.1, -0.05) is 24.3 Å². The van der Waals surface area contributed by atoms with Crippen molar-refractivity contribution in [2.24, 2.45) is 0 Å². The van der Waals surface area contributed by atoms with Crippen molar-refractivity contribution in [3.05, 3.63) is 65.1 Å². The third kappa shape index (κ3) is 4.19. The fraction of sp³-hybridized carbons (Fsp3) is 0.379. The van der Waals surface area contributed by atoms with Crippen LogP contribution in [-0.4, -0.2) is 64.8 Å². The van der Waals surface area contributed by atoms with Gasteiger partial charge in [0.1, 0.15) is 5.82 Å². The molecule has 2 N–H and O–H groups in total. The molecule has 1 atom stereocenters. The van der Waals surface area contributed by atoms with Crippen molar-refractivity contribution in [1.82, 2.24) is 14.9 Å². The summed E-state index contributed by atoms with van der Waals surface area (Å²) in [6.45, 7) is 3.53. The number of benzene rings is 2. The van der Waals surface area contributed by atoms with E-state index in [1.807, 2.05) is 29.2 Å². The third-order valence-corrected chi connectivity index (χ3v) is 7.86. The first kappa shape index (κ1) is 23.7. The molecule has 4 aromatic rings. The second kappa shape index (κ2) is 9.34.